The smallest absolute Gasteiger partial charge is 0.271 e. The molecule has 0 unspecified atom stereocenters. The molecule has 140 valence electrons. The van der Waals surface area contributed by atoms with Gasteiger partial charge in [0.25, 0.3) is 5.91 Å². The van der Waals surface area contributed by atoms with Crippen LogP contribution < -0.4 is 10.3 Å². The average molecular weight is 361 g/mol. The molecule has 0 spiro atoms. The number of amides is 1. The lowest BCUT2D eigenvalue weighted by atomic mass is 9.88. The van der Waals surface area contributed by atoms with E-state index in [9.17, 15) is 4.79 Å². The first kappa shape index (κ1) is 18.9. The molecule has 1 aliphatic heterocycles. The van der Waals surface area contributed by atoms with E-state index in [2.05, 4.69) is 61.3 Å². The van der Waals surface area contributed by atoms with Crippen LogP contribution in [0.1, 0.15) is 55.6 Å². The Balaban J connectivity index is 1.80. The van der Waals surface area contributed by atoms with Crippen molar-refractivity contribution in [1.29, 1.82) is 0 Å². The van der Waals surface area contributed by atoms with Crippen LogP contribution in [0.15, 0.2) is 59.7 Å². The van der Waals surface area contributed by atoms with E-state index in [4.69, 9.17) is 0 Å². The van der Waals surface area contributed by atoms with Crippen molar-refractivity contribution in [1.82, 2.24) is 5.43 Å². The number of hydrazone groups is 1. The van der Waals surface area contributed by atoms with Crippen LogP contribution in [0.3, 0.4) is 0 Å². The summed E-state index contributed by atoms with van der Waals surface area (Å²) < 4.78 is 0. The molecular formula is C23H27N3O. The van der Waals surface area contributed by atoms with Gasteiger partial charge in [0.2, 0.25) is 0 Å². The van der Waals surface area contributed by atoms with Crippen LogP contribution in [0.4, 0.5) is 5.69 Å². The molecule has 0 fully saturated rings. The number of rotatable bonds is 5. The number of nitrogens with zero attached hydrogens (tertiary/aromatic N) is 2. The zero-order chi connectivity index (χ0) is 19.4. The first-order chi connectivity index (χ1) is 12.9. The fraction of sp³-hybridized carbons (Fsp3) is 0.304. The fourth-order valence-corrected chi connectivity index (χ4v) is 3.63. The van der Waals surface area contributed by atoms with E-state index < -0.39 is 0 Å². The van der Waals surface area contributed by atoms with E-state index >= 15 is 0 Å². The molecule has 4 nitrogen and oxygen atoms in total. The maximum atomic E-state index is 12.1. The van der Waals surface area contributed by atoms with Crippen molar-refractivity contribution in [3.05, 3.63) is 71.3 Å². The molecule has 2 aromatic rings. The Kier molecular flexibility index (Phi) is 5.45. The van der Waals surface area contributed by atoms with Gasteiger partial charge in [-0.25, -0.2) is 5.43 Å². The van der Waals surface area contributed by atoms with Crippen LogP contribution >= 0.6 is 0 Å². The highest BCUT2D eigenvalue weighted by Crippen LogP contribution is 2.39. The van der Waals surface area contributed by atoms with Crippen LogP contribution in [0.2, 0.25) is 0 Å². The average Bonchev–Trinajstić information content (AvgIpc) is 2.65. The van der Waals surface area contributed by atoms with Crippen LogP contribution in [0.25, 0.3) is 5.57 Å². The maximum Gasteiger partial charge on any atom is 0.271 e. The zero-order valence-corrected chi connectivity index (χ0v) is 16.5. The number of hydrogen-bond donors (Lipinski definition) is 1. The van der Waals surface area contributed by atoms with Gasteiger partial charge in [-0.2, -0.15) is 5.10 Å². The number of fused-ring (bicyclic) bond motifs is 1. The summed E-state index contributed by atoms with van der Waals surface area (Å²) in [6.45, 7) is 9.89. The molecule has 0 aromatic heterocycles. The molecule has 0 aliphatic carbocycles. The van der Waals surface area contributed by atoms with Gasteiger partial charge in [-0.05, 0) is 62.6 Å². The number of anilines is 1. The number of hydrogen-bond acceptors (Lipinski definition) is 3. The van der Waals surface area contributed by atoms with Gasteiger partial charge in [0.1, 0.15) is 0 Å². The summed E-state index contributed by atoms with van der Waals surface area (Å²) >= 11 is 0. The predicted octanol–water partition coefficient (Wildman–Crippen LogP) is 4.86. The summed E-state index contributed by atoms with van der Waals surface area (Å²) in [5.74, 6) is -0.211. The molecule has 1 heterocycles. The highest BCUT2D eigenvalue weighted by molar-refractivity contribution is 5.95. The summed E-state index contributed by atoms with van der Waals surface area (Å²) in [6.07, 6.45) is 5.12. The van der Waals surface area contributed by atoms with Crippen molar-refractivity contribution in [3.63, 3.8) is 0 Å². The van der Waals surface area contributed by atoms with E-state index in [1.54, 1.807) is 18.3 Å². The molecule has 0 bridgehead atoms. The van der Waals surface area contributed by atoms with Gasteiger partial charge in [0.15, 0.2) is 0 Å². The van der Waals surface area contributed by atoms with Gasteiger partial charge >= 0.3 is 0 Å². The number of carbonyl (C=O) groups excluding carboxylic acids is 1. The third kappa shape index (κ3) is 4.11. The molecule has 0 radical (unpaired) electrons. The highest BCUT2D eigenvalue weighted by atomic mass is 16.2. The monoisotopic (exact) mass is 361 g/mol. The van der Waals surface area contributed by atoms with Gasteiger partial charge in [0, 0.05) is 23.4 Å². The summed E-state index contributed by atoms with van der Waals surface area (Å²) in [6, 6.07) is 15.4. The summed E-state index contributed by atoms with van der Waals surface area (Å²) in [5.41, 5.74) is 7.90. The maximum absolute atomic E-state index is 12.1. The number of allylic oxidation sites excluding steroid dienone is 1. The van der Waals surface area contributed by atoms with Gasteiger partial charge in [-0.1, -0.05) is 37.3 Å². The van der Waals surface area contributed by atoms with Crippen molar-refractivity contribution in [2.45, 2.75) is 39.7 Å². The minimum absolute atomic E-state index is 0.00631. The molecule has 0 atom stereocenters. The second kappa shape index (κ2) is 7.78. The Bertz CT molecular complexity index is 882. The summed E-state index contributed by atoms with van der Waals surface area (Å²) in [4.78, 5) is 14.5. The van der Waals surface area contributed by atoms with Crippen molar-refractivity contribution in [2.24, 2.45) is 5.10 Å². The molecule has 1 amide bonds. The fourth-order valence-electron chi connectivity index (χ4n) is 3.63. The molecule has 1 aliphatic rings. The van der Waals surface area contributed by atoms with Gasteiger partial charge < -0.3 is 4.90 Å². The van der Waals surface area contributed by atoms with E-state index in [1.807, 2.05) is 24.3 Å². The molecule has 0 saturated carbocycles. The summed E-state index contributed by atoms with van der Waals surface area (Å²) in [7, 11) is 0. The van der Waals surface area contributed by atoms with Crippen molar-refractivity contribution in [2.75, 3.05) is 11.4 Å². The van der Waals surface area contributed by atoms with E-state index in [-0.39, 0.29) is 11.4 Å². The molecule has 3 rings (SSSR count). The lowest BCUT2D eigenvalue weighted by Crippen LogP contribution is -2.45. The Morgan fingerprint density at radius 2 is 1.93 bits per heavy atom. The normalized spacial score (nSPS) is 15.4. The molecule has 0 saturated heterocycles. The highest BCUT2D eigenvalue weighted by Gasteiger charge is 2.30. The first-order valence-corrected chi connectivity index (χ1v) is 9.42. The number of benzene rings is 2. The standard InChI is InChI=1S/C23H27N3O/c1-5-13-26-21-12-11-18(14-20(21)17(2)15-23(26,3)4)16-24-25-22(27)19-9-7-6-8-10-19/h6-12,14-16H,5,13H2,1-4H3,(H,25,27)/b24-16-. The molecule has 2 aromatic carbocycles. The van der Waals surface area contributed by atoms with Crippen LogP contribution in [0, 0.1) is 0 Å². The van der Waals surface area contributed by atoms with E-state index in [1.165, 1.54) is 16.8 Å². The first-order valence-electron chi connectivity index (χ1n) is 9.42. The second-order valence-electron chi connectivity index (χ2n) is 7.47. The predicted molar refractivity (Wildman–Crippen MR) is 113 cm³/mol. The molecule has 1 N–H and O–H groups in total. The van der Waals surface area contributed by atoms with Crippen molar-refractivity contribution < 1.29 is 4.79 Å². The van der Waals surface area contributed by atoms with Crippen LogP contribution in [-0.4, -0.2) is 24.2 Å². The largest absolute Gasteiger partial charge is 0.362 e. The van der Waals surface area contributed by atoms with E-state index in [0.29, 0.717) is 5.56 Å². The van der Waals surface area contributed by atoms with Crippen molar-refractivity contribution in [3.8, 4) is 0 Å². The minimum Gasteiger partial charge on any atom is -0.362 e. The third-order valence-corrected chi connectivity index (χ3v) is 4.86. The lowest BCUT2D eigenvalue weighted by Gasteiger charge is -2.43. The third-order valence-electron chi connectivity index (χ3n) is 4.86. The van der Waals surface area contributed by atoms with E-state index in [0.717, 1.165) is 18.5 Å². The van der Waals surface area contributed by atoms with Crippen molar-refractivity contribution >= 4 is 23.4 Å². The lowest BCUT2D eigenvalue weighted by molar-refractivity contribution is 0.0955. The Morgan fingerprint density at radius 3 is 2.63 bits per heavy atom. The molecule has 4 heteroatoms. The SMILES string of the molecule is CCCN1c2ccc(/C=N\NC(=O)c3ccccc3)cc2C(C)=CC1(C)C. The van der Waals surface area contributed by atoms with Crippen LogP contribution in [-0.2, 0) is 0 Å². The Hall–Kier alpha value is -2.88. The van der Waals surface area contributed by atoms with Gasteiger partial charge in [-0.3, -0.25) is 4.79 Å². The summed E-state index contributed by atoms with van der Waals surface area (Å²) in [5, 5.41) is 4.12. The Labute approximate surface area is 161 Å². The number of nitrogens with one attached hydrogen (secondary N) is 1. The second-order valence-corrected chi connectivity index (χ2v) is 7.47. The topological polar surface area (TPSA) is 44.7 Å². The quantitative estimate of drug-likeness (QED) is 0.610. The number of carbonyl (C=O) groups is 1. The molecule has 27 heavy (non-hydrogen) atoms. The Morgan fingerprint density at radius 1 is 1.19 bits per heavy atom. The molecular weight excluding hydrogens is 334 g/mol. The van der Waals surface area contributed by atoms with Gasteiger partial charge in [-0.15, -0.1) is 0 Å². The van der Waals surface area contributed by atoms with Crippen LogP contribution in [0.5, 0.6) is 0 Å². The minimum atomic E-state index is -0.211. The zero-order valence-electron chi connectivity index (χ0n) is 16.5. The van der Waals surface area contributed by atoms with Gasteiger partial charge in [0.05, 0.1) is 11.8 Å².